The SMILES string of the molecule is C[C@H](CO)NCc1cccc2cnccc12. The lowest BCUT2D eigenvalue weighted by Gasteiger charge is -2.12. The fourth-order valence-corrected chi connectivity index (χ4v) is 1.69. The lowest BCUT2D eigenvalue weighted by molar-refractivity contribution is 0.251. The molecule has 1 aromatic heterocycles. The Morgan fingerprint density at radius 1 is 1.38 bits per heavy atom. The number of rotatable bonds is 4. The van der Waals surface area contributed by atoms with Crippen LogP contribution in [-0.4, -0.2) is 22.7 Å². The van der Waals surface area contributed by atoms with E-state index in [2.05, 4.69) is 22.4 Å². The second-order valence-corrected chi connectivity index (χ2v) is 3.98. The molecule has 0 spiro atoms. The average Bonchev–Trinajstić information content (AvgIpc) is 2.35. The summed E-state index contributed by atoms with van der Waals surface area (Å²) in [4.78, 5) is 4.10. The van der Waals surface area contributed by atoms with Crippen molar-refractivity contribution in [3.8, 4) is 0 Å². The van der Waals surface area contributed by atoms with Gasteiger partial charge in [0.15, 0.2) is 0 Å². The van der Waals surface area contributed by atoms with Crippen molar-refractivity contribution in [2.75, 3.05) is 6.61 Å². The molecule has 1 atom stereocenters. The minimum Gasteiger partial charge on any atom is -0.395 e. The van der Waals surface area contributed by atoms with Gasteiger partial charge in [0.25, 0.3) is 0 Å². The molecular formula is C13H16N2O. The van der Waals surface area contributed by atoms with E-state index in [0.717, 1.165) is 11.9 Å². The zero-order valence-corrected chi connectivity index (χ0v) is 9.35. The van der Waals surface area contributed by atoms with Crippen LogP contribution in [-0.2, 0) is 6.54 Å². The first-order valence-corrected chi connectivity index (χ1v) is 5.47. The Labute approximate surface area is 95.1 Å². The highest BCUT2D eigenvalue weighted by atomic mass is 16.3. The highest BCUT2D eigenvalue weighted by Gasteiger charge is 2.02. The molecule has 0 saturated carbocycles. The molecule has 1 heterocycles. The van der Waals surface area contributed by atoms with Gasteiger partial charge in [-0.1, -0.05) is 18.2 Å². The number of hydrogen-bond donors (Lipinski definition) is 2. The van der Waals surface area contributed by atoms with Gasteiger partial charge >= 0.3 is 0 Å². The summed E-state index contributed by atoms with van der Waals surface area (Å²) >= 11 is 0. The number of pyridine rings is 1. The lowest BCUT2D eigenvalue weighted by Crippen LogP contribution is -2.28. The summed E-state index contributed by atoms with van der Waals surface area (Å²) in [6.45, 7) is 2.89. The van der Waals surface area contributed by atoms with Crippen molar-refractivity contribution in [2.24, 2.45) is 0 Å². The highest BCUT2D eigenvalue weighted by molar-refractivity contribution is 5.84. The van der Waals surface area contributed by atoms with Crippen molar-refractivity contribution >= 4 is 10.8 Å². The first kappa shape index (κ1) is 11.0. The lowest BCUT2D eigenvalue weighted by atomic mass is 10.1. The van der Waals surface area contributed by atoms with Gasteiger partial charge in [0.2, 0.25) is 0 Å². The van der Waals surface area contributed by atoms with Gasteiger partial charge in [-0.3, -0.25) is 4.98 Å². The van der Waals surface area contributed by atoms with Crippen LogP contribution in [0.25, 0.3) is 10.8 Å². The summed E-state index contributed by atoms with van der Waals surface area (Å²) < 4.78 is 0. The summed E-state index contributed by atoms with van der Waals surface area (Å²) in [5.41, 5.74) is 1.24. The number of aliphatic hydroxyl groups is 1. The smallest absolute Gasteiger partial charge is 0.0582 e. The van der Waals surface area contributed by atoms with Crippen LogP contribution in [0.15, 0.2) is 36.7 Å². The predicted molar refractivity (Wildman–Crippen MR) is 65.1 cm³/mol. The quantitative estimate of drug-likeness (QED) is 0.817. The highest BCUT2D eigenvalue weighted by Crippen LogP contribution is 2.17. The maximum absolute atomic E-state index is 8.95. The number of nitrogens with zero attached hydrogens (tertiary/aromatic N) is 1. The fourth-order valence-electron chi connectivity index (χ4n) is 1.69. The van der Waals surface area contributed by atoms with Crippen LogP contribution in [0.1, 0.15) is 12.5 Å². The van der Waals surface area contributed by atoms with Gasteiger partial charge in [0, 0.05) is 30.4 Å². The zero-order valence-electron chi connectivity index (χ0n) is 9.35. The number of aliphatic hydroxyl groups excluding tert-OH is 1. The third kappa shape index (κ3) is 2.38. The molecule has 0 fully saturated rings. The molecule has 84 valence electrons. The molecule has 1 aromatic carbocycles. The van der Waals surface area contributed by atoms with Crippen LogP contribution in [0.2, 0.25) is 0 Å². The van der Waals surface area contributed by atoms with Crippen LogP contribution in [0.5, 0.6) is 0 Å². The third-order valence-corrected chi connectivity index (χ3v) is 2.69. The Kier molecular flexibility index (Phi) is 3.49. The van der Waals surface area contributed by atoms with Gasteiger partial charge < -0.3 is 10.4 Å². The molecule has 2 rings (SSSR count). The van der Waals surface area contributed by atoms with Crippen LogP contribution < -0.4 is 5.32 Å². The molecule has 0 amide bonds. The van der Waals surface area contributed by atoms with Gasteiger partial charge in [0.05, 0.1) is 6.61 Å². The van der Waals surface area contributed by atoms with E-state index in [1.54, 1.807) is 6.20 Å². The number of hydrogen-bond acceptors (Lipinski definition) is 3. The molecular weight excluding hydrogens is 200 g/mol. The third-order valence-electron chi connectivity index (χ3n) is 2.69. The first-order valence-electron chi connectivity index (χ1n) is 5.47. The van der Waals surface area contributed by atoms with Crippen LogP contribution in [0, 0.1) is 0 Å². The molecule has 2 aromatic rings. The monoisotopic (exact) mass is 216 g/mol. The van der Waals surface area contributed by atoms with E-state index >= 15 is 0 Å². The normalized spacial score (nSPS) is 12.9. The van der Waals surface area contributed by atoms with E-state index in [0.29, 0.717) is 0 Å². The van der Waals surface area contributed by atoms with Crippen molar-refractivity contribution < 1.29 is 5.11 Å². The molecule has 0 bridgehead atoms. The summed E-state index contributed by atoms with van der Waals surface area (Å²) in [6.07, 6.45) is 3.68. The second kappa shape index (κ2) is 5.05. The maximum Gasteiger partial charge on any atom is 0.0582 e. The fraction of sp³-hybridized carbons (Fsp3) is 0.308. The Morgan fingerprint density at radius 2 is 2.25 bits per heavy atom. The number of benzene rings is 1. The zero-order chi connectivity index (χ0) is 11.4. The Balaban J connectivity index is 2.23. The molecule has 0 aliphatic carbocycles. The summed E-state index contributed by atoms with van der Waals surface area (Å²) in [5.74, 6) is 0. The average molecular weight is 216 g/mol. The molecule has 16 heavy (non-hydrogen) atoms. The Morgan fingerprint density at radius 3 is 3.06 bits per heavy atom. The molecule has 0 unspecified atom stereocenters. The first-order chi connectivity index (χ1) is 7.81. The van der Waals surface area contributed by atoms with Crippen LogP contribution in [0.4, 0.5) is 0 Å². The van der Waals surface area contributed by atoms with Gasteiger partial charge in [-0.25, -0.2) is 0 Å². The predicted octanol–water partition coefficient (Wildman–Crippen LogP) is 1.71. The van der Waals surface area contributed by atoms with E-state index in [1.807, 2.05) is 25.3 Å². The molecule has 3 heteroatoms. The minimum atomic E-state index is 0.122. The molecule has 2 N–H and O–H groups in total. The molecule has 0 radical (unpaired) electrons. The van der Waals surface area contributed by atoms with Crippen molar-refractivity contribution in [3.05, 3.63) is 42.2 Å². The van der Waals surface area contributed by atoms with Crippen molar-refractivity contribution in [1.29, 1.82) is 0 Å². The van der Waals surface area contributed by atoms with Crippen molar-refractivity contribution in [2.45, 2.75) is 19.5 Å². The van der Waals surface area contributed by atoms with E-state index in [4.69, 9.17) is 5.11 Å². The van der Waals surface area contributed by atoms with Gasteiger partial charge in [-0.15, -0.1) is 0 Å². The summed E-state index contributed by atoms with van der Waals surface area (Å²) in [7, 11) is 0. The van der Waals surface area contributed by atoms with Gasteiger partial charge in [-0.05, 0) is 23.9 Å². The molecule has 3 nitrogen and oxygen atoms in total. The molecule has 0 saturated heterocycles. The second-order valence-electron chi connectivity index (χ2n) is 3.98. The van der Waals surface area contributed by atoms with Gasteiger partial charge in [-0.2, -0.15) is 0 Å². The summed E-state index contributed by atoms with van der Waals surface area (Å²) in [6, 6.07) is 8.33. The largest absolute Gasteiger partial charge is 0.395 e. The van der Waals surface area contributed by atoms with Crippen LogP contribution in [0.3, 0.4) is 0 Å². The van der Waals surface area contributed by atoms with E-state index in [9.17, 15) is 0 Å². The standard InChI is InChI=1S/C13H16N2O/c1-10(9-16)15-8-12-4-2-3-11-7-14-6-5-13(11)12/h2-7,10,15-16H,8-9H2,1H3/t10-/m1/s1. The van der Waals surface area contributed by atoms with Gasteiger partial charge in [0.1, 0.15) is 0 Å². The van der Waals surface area contributed by atoms with E-state index < -0.39 is 0 Å². The number of aromatic nitrogens is 1. The van der Waals surface area contributed by atoms with E-state index in [-0.39, 0.29) is 12.6 Å². The van der Waals surface area contributed by atoms with E-state index in [1.165, 1.54) is 10.9 Å². The number of fused-ring (bicyclic) bond motifs is 1. The topological polar surface area (TPSA) is 45.1 Å². The van der Waals surface area contributed by atoms with Crippen LogP contribution >= 0.6 is 0 Å². The van der Waals surface area contributed by atoms with Crippen molar-refractivity contribution in [1.82, 2.24) is 10.3 Å². The summed E-state index contributed by atoms with van der Waals surface area (Å²) in [5, 5.41) is 14.6. The molecule has 0 aliphatic rings. The Bertz CT molecular complexity index is 465. The maximum atomic E-state index is 8.95. The molecule has 0 aliphatic heterocycles. The minimum absolute atomic E-state index is 0.122. The van der Waals surface area contributed by atoms with Crippen molar-refractivity contribution in [3.63, 3.8) is 0 Å². The number of nitrogens with one attached hydrogen (secondary N) is 1. The Hall–Kier alpha value is -1.45.